The maximum absolute atomic E-state index is 14.3. The summed E-state index contributed by atoms with van der Waals surface area (Å²) in [4.78, 5) is 27.6. The van der Waals surface area contributed by atoms with Crippen LogP contribution in [0.15, 0.2) is 65.1 Å². The molecule has 0 aliphatic carbocycles. The number of fused-ring (bicyclic) bond motifs is 2. The molecule has 0 bridgehead atoms. The highest BCUT2D eigenvalue weighted by atomic mass is 79.9. The maximum Gasteiger partial charge on any atom is 0.238 e. The van der Waals surface area contributed by atoms with Crippen LogP contribution in [0, 0.1) is 0 Å². The van der Waals surface area contributed by atoms with E-state index in [0.717, 1.165) is 34.0 Å². The molecule has 2 fully saturated rings. The Hall–Kier alpha value is -2.58. The Labute approximate surface area is 239 Å². The molecule has 6 rings (SSSR count). The third-order valence-electron chi connectivity index (χ3n) is 7.75. The number of piperidine rings is 1. The van der Waals surface area contributed by atoms with Gasteiger partial charge in [-0.25, -0.2) is 0 Å². The average Bonchev–Trinajstić information content (AvgIpc) is 3.18. The molecule has 3 aromatic rings. The van der Waals surface area contributed by atoms with E-state index in [1.807, 2.05) is 42.5 Å². The second kappa shape index (κ2) is 10.2. The molecule has 2 amide bonds. The lowest BCUT2D eigenvalue weighted by atomic mass is 9.59. The van der Waals surface area contributed by atoms with Crippen molar-refractivity contribution in [2.45, 2.75) is 42.7 Å². The SMILES string of the molecule is O=C1CC(c2cccc(Cl)c2)C2(C(=O)Nc3cc(Cl)ccc32)C(c2cc(Br)ccc2OC2CCOCC2)N1. The molecule has 3 heterocycles. The van der Waals surface area contributed by atoms with Crippen LogP contribution in [0.25, 0.3) is 0 Å². The lowest BCUT2D eigenvalue weighted by molar-refractivity contribution is -0.131. The largest absolute Gasteiger partial charge is 0.490 e. The minimum atomic E-state index is -1.17. The smallest absolute Gasteiger partial charge is 0.238 e. The van der Waals surface area contributed by atoms with E-state index in [-0.39, 0.29) is 24.3 Å². The van der Waals surface area contributed by atoms with Gasteiger partial charge in [0.15, 0.2) is 0 Å². The lowest BCUT2D eigenvalue weighted by Crippen LogP contribution is -2.57. The number of carbonyl (C=O) groups is 2. The fraction of sp³-hybridized carbons (Fsp3) is 0.310. The molecule has 3 aliphatic rings. The number of hydrogen-bond acceptors (Lipinski definition) is 4. The number of nitrogens with one attached hydrogen (secondary N) is 2. The summed E-state index contributed by atoms with van der Waals surface area (Å²) in [7, 11) is 0. The van der Waals surface area contributed by atoms with Gasteiger partial charge in [-0.05, 0) is 53.6 Å². The third-order valence-corrected chi connectivity index (χ3v) is 8.71. The van der Waals surface area contributed by atoms with Gasteiger partial charge in [0.25, 0.3) is 0 Å². The Morgan fingerprint density at radius 2 is 1.76 bits per heavy atom. The third kappa shape index (κ3) is 4.39. The van der Waals surface area contributed by atoms with E-state index in [0.29, 0.717) is 34.7 Å². The topological polar surface area (TPSA) is 76.7 Å². The standard InChI is InChI=1S/C29H25BrCl2N2O4/c30-17-4-7-25(38-20-8-10-37-11-9-20)21(13-17)27-29(22-6-5-19(32)14-24(22)33-28(29)36)23(15-26(35)34-27)16-2-1-3-18(31)12-16/h1-7,12-14,20,23,27H,8-11,15H2,(H,33,36)(H,34,35). The van der Waals surface area contributed by atoms with E-state index in [4.69, 9.17) is 32.7 Å². The van der Waals surface area contributed by atoms with Gasteiger partial charge in [0.2, 0.25) is 11.8 Å². The van der Waals surface area contributed by atoms with E-state index >= 15 is 0 Å². The Morgan fingerprint density at radius 3 is 2.55 bits per heavy atom. The van der Waals surface area contributed by atoms with Crippen LogP contribution < -0.4 is 15.4 Å². The van der Waals surface area contributed by atoms with Gasteiger partial charge >= 0.3 is 0 Å². The fourth-order valence-electron chi connectivity index (χ4n) is 6.10. The number of ether oxygens (including phenoxy) is 2. The van der Waals surface area contributed by atoms with Gasteiger partial charge in [-0.2, -0.15) is 0 Å². The number of amides is 2. The van der Waals surface area contributed by atoms with Crippen LogP contribution in [0.3, 0.4) is 0 Å². The first kappa shape index (κ1) is 25.7. The normalized spacial score (nSPS) is 25.1. The number of anilines is 1. The van der Waals surface area contributed by atoms with Crippen LogP contribution in [0.1, 0.15) is 47.9 Å². The second-order valence-electron chi connectivity index (χ2n) is 9.94. The number of hydrogen-bond donors (Lipinski definition) is 2. The first-order chi connectivity index (χ1) is 18.4. The molecule has 1 spiro atoms. The molecule has 3 aliphatic heterocycles. The predicted molar refractivity (Wildman–Crippen MR) is 150 cm³/mol. The molecule has 3 atom stereocenters. The summed E-state index contributed by atoms with van der Waals surface area (Å²) in [6, 6.07) is 17.8. The lowest BCUT2D eigenvalue weighted by Gasteiger charge is -2.46. The monoisotopic (exact) mass is 614 g/mol. The average molecular weight is 616 g/mol. The Morgan fingerprint density at radius 1 is 0.974 bits per heavy atom. The van der Waals surface area contributed by atoms with E-state index in [1.54, 1.807) is 18.2 Å². The summed E-state index contributed by atoms with van der Waals surface area (Å²) in [5, 5.41) is 7.30. The Balaban J connectivity index is 1.57. The van der Waals surface area contributed by atoms with Crippen LogP contribution in [0.4, 0.5) is 5.69 Å². The minimum Gasteiger partial charge on any atom is -0.490 e. The van der Waals surface area contributed by atoms with Crippen LogP contribution in [0.5, 0.6) is 5.75 Å². The van der Waals surface area contributed by atoms with Gasteiger partial charge in [0.1, 0.15) is 17.3 Å². The Bertz CT molecular complexity index is 1430. The molecule has 9 heteroatoms. The van der Waals surface area contributed by atoms with Crippen molar-refractivity contribution >= 4 is 56.6 Å². The second-order valence-corrected chi connectivity index (χ2v) is 11.7. The quantitative estimate of drug-likeness (QED) is 0.349. The van der Waals surface area contributed by atoms with Crippen molar-refractivity contribution in [2.75, 3.05) is 18.5 Å². The number of benzene rings is 3. The van der Waals surface area contributed by atoms with E-state index in [9.17, 15) is 9.59 Å². The molecular formula is C29H25BrCl2N2O4. The number of carbonyl (C=O) groups excluding carboxylic acids is 2. The molecule has 196 valence electrons. The van der Waals surface area contributed by atoms with Crippen molar-refractivity contribution < 1.29 is 19.1 Å². The first-order valence-electron chi connectivity index (χ1n) is 12.6. The van der Waals surface area contributed by atoms with Gasteiger partial charge in [0, 0.05) is 50.9 Å². The molecule has 6 nitrogen and oxygen atoms in total. The highest BCUT2D eigenvalue weighted by Gasteiger charge is 2.61. The predicted octanol–water partition coefficient (Wildman–Crippen LogP) is 6.55. The van der Waals surface area contributed by atoms with Crippen molar-refractivity contribution in [3.05, 3.63) is 91.9 Å². The first-order valence-corrected chi connectivity index (χ1v) is 14.1. The number of rotatable bonds is 4. The van der Waals surface area contributed by atoms with Gasteiger partial charge in [-0.3, -0.25) is 9.59 Å². The molecule has 0 aromatic heterocycles. The fourth-order valence-corrected chi connectivity index (χ4v) is 6.84. The molecule has 38 heavy (non-hydrogen) atoms. The summed E-state index contributed by atoms with van der Waals surface area (Å²) < 4.78 is 12.8. The molecule has 0 saturated carbocycles. The molecular weight excluding hydrogens is 591 g/mol. The van der Waals surface area contributed by atoms with Gasteiger partial charge in [-0.15, -0.1) is 0 Å². The van der Waals surface area contributed by atoms with E-state index < -0.39 is 17.4 Å². The summed E-state index contributed by atoms with van der Waals surface area (Å²) in [6.07, 6.45) is 1.64. The van der Waals surface area contributed by atoms with Crippen molar-refractivity contribution in [3.63, 3.8) is 0 Å². The van der Waals surface area contributed by atoms with Crippen LogP contribution >= 0.6 is 39.1 Å². The molecule has 3 aromatic carbocycles. The summed E-state index contributed by atoms with van der Waals surface area (Å²) in [6.45, 7) is 1.27. The maximum atomic E-state index is 14.3. The zero-order chi connectivity index (χ0) is 26.4. The molecule has 2 N–H and O–H groups in total. The van der Waals surface area contributed by atoms with Crippen LogP contribution in [-0.4, -0.2) is 31.1 Å². The van der Waals surface area contributed by atoms with Crippen molar-refractivity contribution in [3.8, 4) is 5.75 Å². The van der Waals surface area contributed by atoms with Crippen molar-refractivity contribution in [1.82, 2.24) is 5.32 Å². The summed E-state index contributed by atoms with van der Waals surface area (Å²) >= 11 is 16.3. The van der Waals surface area contributed by atoms with Gasteiger partial charge in [-0.1, -0.05) is 57.3 Å². The van der Waals surface area contributed by atoms with E-state index in [2.05, 4.69) is 26.6 Å². The number of halogens is 3. The van der Waals surface area contributed by atoms with Gasteiger partial charge < -0.3 is 20.1 Å². The summed E-state index contributed by atoms with van der Waals surface area (Å²) in [5.74, 6) is -0.219. The van der Waals surface area contributed by atoms with Crippen LogP contribution in [0.2, 0.25) is 10.0 Å². The molecule has 2 saturated heterocycles. The highest BCUT2D eigenvalue weighted by Crippen LogP contribution is 2.58. The Kier molecular flexibility index (Phi) is 6.89. The highest BCUT2D eigenvalue weighted by molar-refractivity contribution is 9.10. The van der Waals surface area contributed by atoms with Crippen molar-refractivity contribution in [1.29, 1.82) is 0 Å². The zero-order valence-corrected chi connectivity index (χ0v) is 23.4. The van der Waals surface area contributed by atoms with E-state index in [1.165, 1.54) is 0 Å². The van der Waals surface area contributed by atoms with Crippen LogP contribution in [-0.2, 0) is 19.7 Å². The zero-order valence-electron chi connectivity index (χ0n) is 20.3. The minimum absolute atomic E-state index is 0.0221. The molecule has 0 radical (unpaired) electrons. The molecule has 3 unspecified atom stereocenters. The summed E-state index contributed by atoms with van der Waals surface area (Å²) in [5.41, 5.74) is 1.78. The van der Waals surface area contributed by atoms with Gasteiger partial charge in [0.05, 0.1) is 19.3 Å². The van der Waals surface area contributed by atoms with Crippen molar-refractivity contribution in [2.24, 2.45) is 0 Å².